The van der Waals surface area contributed by atoms with Gasteiger partial charge in [-0.25, -0.2) is 8.42 Å². The minimum Gasteiger partial charge on any atom is -0.486 e. The third kappa shape index (κ3) is 3.08. The highest BCUT2D eigenvalue weighted by Gasteiger charge is 2.51. The summed E-state index contributed by atoms with van der Waals surface area (Å²) >= 11 is 0. The number of fused-ring (bicyclic) bond motifs is 1. The van der Waals surface area contributed by atoms with Gasteiger partial charge in [0.25, 0.3) is 10.0 Å². The SMILES string of the molecule is O=S(=O)(Nc1ccc(C23CC4CC(CC(C4)C2)C3)cc1)c1ccc2c(c1)OCCO2. The number of rotatable bonds is 4. The van der Waals surface area contributed by atoms with Gasteiger partial charge in [0.15, 0.2) is 11.5 Å². The van der Waals surface area contributed by atoms with E-state index < -0.39 is 10.0 Å². The van der Waals surface area contributed by atoms with Gasteiger partial charge in [-0.1, -0.05) is 12.1 Å². The monoisotopic (exact) mass is 425 g/mol. The molecule has 1 N–H and O–H groups in total. The minimum absolute atomic E-state index is 0.178. The number of benzene rings is 2. The average molecular weight is 426 g/mol. The highest BCUT2D eigenvalue weighted by molar-refractivity contribution is 7.92. The molecule has 4 aliphatic carbocycles. The zero-order valence-electron chi connectivity index (χ0n) is 17.0. The molecule has 2 aromatic carbocycles. The number of hydrogen-bond donors (Lipinski definition) is 1. The summed E-state index contributed by atoms with van der Waals surface area (Å²) in [6, 6.07) is 12.9. The zero-order valence-corrected chi connectivity index (χ0v) is 17.8. The van der Waals surface area contributed by atoms with Crippen molar-refractivity contribution in [2.24, 2.45) is 17.8 Å². The van der Waals surface area contributed by atoms with Gasteiger partial charge in [0, 0.05) is 11.8 Å². The molecule has 0 radical (unpaired) electrons. The Bertz CT molecular complexity index is 1040. The molecule has 30 heavy (non-hydrogen) atoms. The summed E-state index contributed by atoms with van der Waals surface area (Å²) in [5.74, 6) is 3.74. The Morgan fingerprint density at radius 1 is 0.800 bits per heavy atom. The van der Waals surface area contributed by atoms with Gasteiger partial charge < -0.3 is 9.47 Å². The van der Waals surface area contributed by atoms with Gasteiger partial charge >= 0.3 is 0 Å². The van der Waals surface area contributed by atoms with E-state index in [4.69, 9.17) is 9.47 Å². The average Bonchev–Trinajstić information content (AvgIpc) is 2.72. The Morgan fingerprint density at radius 2 is 1.40 bits per heavy atom. The highest BCUT2D eigenvalue weighted by Crippen LogP contribution is 2.60. The molecule has 0 amide bonds. The van der Waals surface area contributed by atoms with Crippen molar-refractivity contribution < 1.29 is 17.9 Å². The summed E-state index contributed by atoms with van der Waals surface area (Å²) in [6.45, 7) is 0.906. The van der Waals surface area contributed by atoms with E-state index in [0.29, 0.717) is 35.8 Å². The molecule has 4 fully saturated rings. The lowest BCUT2D eigenvalue weighted by Gasteiger charge is -2.57. The van der Waals surface area contributed by atoms with Crippen molar-refractivity contribution in [3.8, 4) is 11.5 Å². The molecule has 4 bridgehead atoms. The Balaban J connectivity index is 1.23. The lowest BCUT2D eigenvalue weighted by molar-refractivity contribution is -0.00518. The second kappa shape index (κ2) is 6.64. The second-order valence-corrected chi connectivity index (χ2v) is 11.4. The van der Waals surface area contributed by atoms with Crippen LogP contribution >= 0.6 is 0 Å². The first-order chi connectivity index (χ1) is 14.5. The molecule has 6 heteroatoms. The molecule has 2 aromatic rings. The van der Waals surface area contributed by atoms with E-state index in [-0.39, 0.29) is 4.90 Å². The largest absolute Gasteiger partial charge is 0.486 e. The van der Waals surface area contributed by atoms with E-state index >= 15 is 0 Å². The number of nitrogens with one attached hydrogen (secondary N) is 1. The van der Waals surface area contributed by atoms with E-state index in [9.17, 15) is 8.42 Å². The fraction of sp³-hybridized carbons (Fsp3) is 0.500. The van der Waals surface area contributed by atoms with E-state index in [1.54, 1.807) is 12.1 Å². The third-order valence-corrected chi connectivity index (χ3v) is 8.99. The first-order valence-corrected chi connectivity index (χ1v) is 12.5. The summed E-state index contributed by atoms with van der Waals surface area (Å²) < 4.78 is 39.5. The van der Waals surface area contributed by atoms with Crippen molar-refractivity contribution in [1.29, 1.82) is 0 Å². The Hall–Kier alpha value is -2.21. The summed E-state index contributed by atoms with van der Waals surface area (Å²) in [6.07, 6.45) is 8.19. The number of anilines is 1. The smallest absolute Gasteiger partial charge is 0.262 e. The van der Waals surface area contributed by atoms with Crippen LogP contribution in [0.4, 0.5) is 5.69 Å². The predicted octanol–water partition coefficient (Wildman–Crippen LogP) is 4.73. The standard InChI is InChI=1S/C24H27NO4S/c26-30(27,21-5-6-22-23(12-21)29-8-7-28-22)25-20-3-1-19(2-4-20)24-13-16-9-17(14-24)11-18(10-16)15-24/h1-6,12,16-18,25H,7-11,13-15H2. The quantitative estimate of drug-likeness (QED) is 0.769. The first-order valence-electron chi connectivity index (χ1n) is 11.0. The zero-order chi connectivity index (χ0) is 20.3. The van der Waals surface area contributed by atoms with Crippen molar-refractivity contribution in [3.63, 3.8) is 0 Å². The van der Waals surface area contributed by atoms with Crippen molar-refractivity contribution in [1.82, 2.24) is 0 Å². The molecule has 0 atom stereocenters. The van der Waals surface area contributed by atoms with E-state index in [0.717, 1.165) is 17.8 Å². The topological polar surface area (TPSA) is 64.6 Å². The predicted molar refractivity (Wildman–Crippen MR) is 115 cm³/mol. The molecule has 5 aliphatic rings. The van der Waals surface area contributed by atoms with Crippen molar-refractivity contribution >= 4 is 15.7 Å². The van der Waals surface area contributed by atoms with Crippen molar-refractivity contribution in [3.05, 3.63) is 48.0 Å². The van der Waals surface area contributed by atoms with Crippen molar-refractivity contribution in [2.75, 3.05) is 17.9 Å². The molecule has 1 aliphatic heterocycles. The molecule has 0 aromatic heterocycles. The first kappa shape index (κ1) is 18.6. The lowest BCUT2D eigenvalue weighted by Crippen LogP contribution is -2.48. The van der Waals surface area contributed by atoms with Crippen molar-refractivity contribution in [2.45, 2.75) is 48.8 Å². The molecular weight excluding hydrogens is 398 g/mol. The summed E-state index contributed by atoms with van der Waals surface area (Å²) in [7, 11) is -3.69. The maximum atomic E-state index is 12.9. The van der Waals surface area contributed by atoms with Gasteiger partial charge in [0.05, 0.1) is 4.90 Å². The third-order valence-electron chi connectivity index (χ3n) is 7.61. The van der Waals surface area contributed by atoms with Gasteiger partial charge in [0.1, 0.15) is 13.2 Å². The van der Waals surface area contributed by atoms with Crippen LogP contribution < -0.4 is 14.2 Å². The molecule has 1 heterocycles. The normalized spacial score (nSPS) is 31.5. The summed E-state index contributed by atoms with van der Waals surface area (Å²) in [4.78, 5) is 0.178. The highest BCUT2D eigenvalue weighted by atomic mass is 32.2. The number of hydrogen-bond acceptors (Lipinski definition) is 4. The van der Waals surface area contributed by atoms with E-state index in [2.05, 4.69) is 16.9 Å². The Morgan fingerprint density at radius 3 is 2.03 bits per heavy atom. The summed E-state index contributed by atoms with van der Waals surface area (Å²) in [5.41, 5.74) is 2.31. The van der Waals surface area contributed by atoms with Crippen LogP contribution in [-0.2, 0) is 15.4 Å². The van der Waals surface area contributed by atoms with Gasteiger partial charge in [-0.3, -0.25) is 4.72 Å². The van der Waals surface area contributed by atoms with Crippen LogP contribution in [0.15, 0.2) is 47.4 Å². The van der Waals surface area contributed by atoms with Crippen LogP contribution in [0.25, 0.3) is 0 Å². The van der Waals surface area contributed by atoms with E-state index in [1.165, 1.54) is 50.2 Å². The van der Waals surface area contributed by atoms with Gasteiger partial charge in [-0.2, -0.15) is 0 Å². The molecule has 0 unspecified atom stereocenters. The van der Waals surface area contributed by atoms with Crippen LogP contribution in [0.1, 0.15) is 44.1 Å². The van der Waals surface area contributed by atoms with Gasteiger partial charge in [0.2, 0.25) is 0 Å². The minimum atomic E-state index is -3.69. The molecule has 0 saturated heterocycles. The lowest BCUT2D eigenvalue weighted by atomic mass is 9.48. The number of sulfonamides is 1. The Kier molecular flexibility index (Phi) is 4.11. The molecule has 5 nitrogen and oxygen atoms in total. The molecule has 4 saturated carbocycles. The Labute approximate surface area is 177 Å². The van der Waals surface area contributed by atoms with Crippen LogP contribution in [0.3, 0.4) is 0 Å². The summed E-state index contributed by atoms with van der Waals surface area (Å²) in [5, 5.41) is 0. The fourth-order valence-corrected chi connectivity index (χ4v) is 7.83. The maximum absolute atomic E-state index is 12.9. The van der Waals surface area contributed by atoms with Gasteiger partial charge in [-0.05, 0) is 91.5 Å². The van der Waals surface area contributed by atoms with Crippen LogP contribution in [-0.4, -0.2) is 21.6 Å². The maximum Gasteiger partial charge on any atom is 0.262 e. The molecule has 158 valence electrons. The molecule has 0 spiro atoms. The van der Waals surface area contributed by atoms with Crippen LogP contribution in [0.5, 0.6) is 11.5 Å². The van der Waals surface area contributed by atoms with Crippen LogP contribution in [0.2, 0.25) is 0 Å². The van der Waals surface area contributed by atoms with Crippen LogP contribution in [0, 0.1) is 17.8 Å². The second-order valence-electron chi connectivity index (χ2n) is 9.69. The van der Waals surface area contributed by atoms with E-state index in [1.807, 2.05) is 12.1 Å². The van der Waals surface area contributed by atoms with Gasteiger partial charge in [-0.15, -0.1) is 0 Å². The molecular formula is C24H27NO4S. The fourth-order valence-electron chi connectivity index (χ4n) is 6.76. The molecule has 7 rings (SSSR count). The number of ether oxygens (including phenoxy) is 2.